The molecule has 0 bridgehead atoms. The van der Waals surface area contributed by atoms with Gasteiger partial charge in [-0.25, -0.2) is 0 Å². The molecule has 0 aliphatic carbocycles. The summed E-state index contributed by atoms with van der Waals surface area (Å²) in [5, 5.41) is 5.55. The molecule has 0 saturated heterocycles. The van der Waals surface area contributed by atoms with Crippen LogP contribution in [-0.4, -0.2) is 11.8 Å². The van der Waals surface area contributed by atoms with Crippen LogP contribution in [0.4, 0.5) is 5.69 Å². The molecule has 21 heavy (non-hydrogen) atoms. The molecule has 0 heterocycles. The second-order valence-corrected chi connectivity index (χ2v) is 5.48. The van der Waals surface area contributed by atoms with Crippen LogP contribution in [0.5, 0.6) is 0 Å². The number of hydrogen-bond acceptors (Lipinski definition) is 2. The van der Waals surface area contributed by atoms with Crippen molar-refractivity contribution in [3.05, 3.63) is 64.1 Å². The van der Waals surface area contributed by atoms with Crippen LogP contribution in [0.1, 0.15) is 22.8 Å². The molecule has 0 aromatic heterocycles. The normalized spacial score (nSPS) is 10.0. The number of hydrogen-bond donors (Lipinski definition) is 2. The average Bonchev–Trinajstić information content (AvgIpc) is 2.46. The molecule has 0 spiro atoms. The van der Waals surface area contributed by atoms with Crippen LogP contribution < -0.4 is 10.6 Å². The summed E-state index contributed by atoms with van der Waals surface area (Å²) in [6.45, 7) is 1.90. The minimum atomic E-state index is -0.117. The van der Waals surface area contributed by atoms with E-state index in [0.29, 0.717) is 12.1 Å². The maximum absolute atomic E-state index is 12.0. The monoisotopic (exact) mass is 346 g/mol. The highest BCUT2D eigenvalue weighted by molar-refractivity contribution is 9.10. The van der Waals surface area contributed by atoms with Gasteiger partial charge in [-0.05, 0) is 42.0 Å². The number of amides is 2. The fourth-order valence-electron chi connectivity index (χ4n) is 1.79. The SMILES string of the molecule is CC(=O)Nc1ccc(CNC(=O)c2ccc(Br)cc2)cc1. The number of carbonyl (C=O) groups excluding carboxylic acids is 2. The largest absolute Gasteiger partial charge is 0.348 e. The minimum absolute atomic E-state index is 0.105. The lowest BCUT2D eigenvalue weighted by atomic mass is 10.2. The topological polar surface area (TPSA) is 58.2 Å². The predicted molar refractivity (Wildman–Crippen MR) is 86.1 cm³/mol. The zero-order valence-corrected chi connectivity index (χ0v) is 13.1. The molecule has 0 aliphatic rings. The number of rotatable bonds is 4. The number of carbonyl (C=O) groups is 2. The summed E-state index contributed by atoms with van der Waals surface area (Å²) in [6, 6.07) is 14.5. The molecule has 2 aromatic rings. The molecule has 2 amide bonds. The van der Waals surface area contributed by atoms with Crippen LogP contribution in [0.25, 0.3) is 0 Å². The van der Waals surface area contributed by atoms with Crippen molar-refractivity contribution in [2.75, 3.05) is 5.32 Å². The molecule has 4 nitrogen and oxygen atoms in total. The van der Waals surface area contributed by atoms with Crippen molar-refractivity contribution < 1.29 is 9.59 Å². The Kier molecular flexibility index (Phi) is 5.11. The van der Waals surface area contributed by atoms with Gasteiger partial charge in [0.05, 0.1) is 0 Å². The van der Waals surface area contributed by atoms with Crippen molar-refractivity contribution in [3.63, 3.8) is 0 Å². The van der Waals surface area contributed by atoms with Gasteiger partial charge in [0.15, 0.2) is 0 Å². The first-order chi connectivity index (χ1) is 10.0. The summed E-state index contributed by atoms with van der Waals surface area (Å²) in [4.78, 5) is 22.9. The van der Waals surface area contributed by atoms with Gasteiger partial charge >= 0.3 is 0 Å². The third-order valence-corrected chi connectivity index (χ3v) is 3.36. The van der Waals surface area contributed by atoms with E-state index in [4.69, 9.17) is 0 Å². The molecule has 0 fully saturated rings. The van der Waals surface area contributed by atoms with Crippen LogP contribution in [-0.2, 0) is 11.3 Å². The highest BCUT2D eigenvalue weighted by Crippen LogP contribution is 2.11. The summed E-state index contributed by atoms with van der Waals surface area (Å²) in [7, 11) is 0. The molecular formula is C16H15BrN2O2. The standard InChI is InChI=1S/C16H15BrN2O2/c1-11(20)19-15-8-2-12(3-9-15)10-18-16(21)13-4-6-14(17)7-5-13/h2-9H,10H2,1H3,(H,18,21)(H,19,20). The molecule has 108 valence electrons. The summed E-state index contributed by atoms with van der Waals surface area (Å²) in [5.74, 6) is -0.222. The van der Waals surface area contributed by atoms with Gasteiger partial charge in [0, 0.05) is 29.2 Å². The second kappa shape index (κ2) is 7.04. The van der Waals surface area contributed by atoms with Gasteiger partial charge in [0.2, 0.25) is 5.91 Å². The number of halogens is 1. The van der Waals surface area contributed by atoms with Crippen LogP contribution in [0.2, 0.25) is 0 Å². The molecule has 0 unspecified atom stereocenters. The second-order valence-electron chi connectivity index (χ2n) is 4.57. The van der Waals surface area contributed by atoms with Gasteiger partial charge in [-0.2, -0.15) is 0 Å². The average molecular weight is 347 g/mol. The van der Waals surface area contributed by atoms with Gasteiger partial charge in [0.1, 0.15) is 0 Å². The van der Waals surface area contributed by atoms with E-state index in [-0.39, 0.29) is 11.8 Å². The van der Waals surface area contributed by atoms with Gasteiger partial charge < -0.3 is 10.6 Å². The van der Waals surface area contributed by atoms with Crippen molar-refractivity contribution in [3.8, 4) is 0 Å². The summed E-state index contributed by atoms with van der Waals surface area (Å²) >= 11 is 3.33. The number of anilines is 1. The Labute approximate surface area is 131 Å². The fraction of sp³-hybridized carbons (Fsp3) is 0.125. The highest BCUT2D eigenvalue weighted by atomic mass is 79.9. The molecule has 2 aromatic carbocycles. The van der Waals surface area contributed by atoms with Crippen molar-refractivity contribution in [1.82, 2.24) is 5.32 Å². The van der Waals surface area contributed by atoms with Crippen LogP contribution in [0.3, 0.4) is 0 Å². The van der Waals surface area contributed by atoms with Crippen LogP contribution in [0.15, 0.2) is 53.0 Å². The molecule has 0 saturated carbocycles. The Morgan fingerprint density at radius 3 is 2.19 bits per heavy atom. The molecule has 0 atom stereocenters. The maximum atomic E-state index is 12.0. The Morgan fingerprint density at radius 2 is 1.62 bits per heavy atom. The highest BCUT2D eigenvalue weighted by Gasteiger charge is 2.05. The van der Waals surface area contributed by atoms with E-state index in [2.05, 4.69) is 26.6 Å². The first-order valence-corrected chi connectivity index (χ1v) is 7.24. The van der Waals surface area contributed by atoms with Gasteiger partial charge in [-0.1, -0.05) is 28.1 Å². The minimum Gasteiger partial charge on any atom is -0.348 e. The Balaban J connectivity index is 1.92. The summed E-state index contributed by atoms with van der Waals surface area (Å²) < 4.78 is 0.938. The first kappa shape index (κ1) is 15.3. The number of benzene rings is 2. The van der Waals surface area contributed by atoms with Crippen LogP contribution >= 0.6 is 15.9 Å². The lowest BCUT2D eigenvalue weighted by Crippen LogP contribution is -2.22. The quantitative estimate of drug-likeness (QED) is 0.891. The Morgan fingerprint density at radius 1 is 1.00 bits per heavy atom. The number of nitrogens with one attached hydrogen (secondary N) is 2. The molecule has 0 aliphatic heterocycles. The van der Waals surface area contributed by atoms with E-state index in [0.717, 1.165) is 15.7 Å². The van der Waals surface area contributed by atoms with E-state index in [1.165, 1.54) is 6.92 Å². The zero-order valence-electron chi connectivity index (χ0n) is 11.5. The smallest absolute Gasteiger partial charge is 0.251 e. The Hall–Kier alpha value is -2.14. The van der Waals surface area contributed by atoms with E-state index >= 15 is 0 Å². The third kappa shape index (κ3) is 4.72. The molecule has 0 radical (unpaired) electrons. The molecule has 5 heteroatoms. The molecular weight excluding hydrogens is 332 g/mol. The van der Waals surface area contributed by atoms with Gasteiger partial charge in [0.25, 0.3) is 5.91 Å². The van der Waals surface area contributed by atoms with Crippen molar-refractivity contribution in [2.24, 2.45) is 0 Å². The van der Waals surface area contributed by atoms with Crippen LogP contribution in [0, 0.1) is 0 Å². The summed E-state index contributed by atoms with van der Waals surface area (Å²) in [6.07, 6.45) is 0. The van der Waals surface area contributed by atoms with E-state index < -0.39 is 0 Å². The van der Waals surface area contributed by atoms with E-state index in [1.54, 1.807) is 12.1 Å². The Bertz CT molecular complexity index is 636. The zero-order chi connectivity index (χ0) is 15.2. The molecule has 2 rings (SSSR count). The van der Waals surface area contributed by atoms with E-state index in [1.807, 2.05) is 36.4 Å². The van der Waals surface area contributed by atoms with Gasteiger partial charge in [-0.3, -0.25) is 9.59 Å². The lowest BCUT2D eigenvalue weighted by Gasteiger charge is -2.07. The summed E-state index contributed by atoms with van der Waals surface area (Å²) in [5.41, 5.74) is 2.33. The van der Waals surface area contributed by atoms with Crippen molar-refractivity contribution >= 4 is 33.4 Å². The van der Waals surface area contributed by atoms with Crippen molar-refractivity contribution in [2.45, 2.75) is 13.5 Å². The van der Waals surface area contributed by atoms with E-state index in [9.17, 15) is 9.59 Å². The first-order valence-electron chi connectivity index (χ1n) is 6.45. The predicted octanol–water partition coefficient (Wildman–Crippen LogP) is 3.34. The van der Waals surface area contributed by atoms with Gasteiger partial charge in [-0.15, -0.1) is 0 Å². The third-order valence-electron chi connectivity index (χ3n) is 2.83. The lowest BCUT2D eigenvalue weighted by molar-refractivity contribution is -0.114. The molecule has 2 N–H and O–H groups in total. The van der Waals surface area contributed by atoms with Crippen molar-refractivity contribution in [1.29, 1.82) is 0 Å². The maximum Gasteiger partial charge on any atom is 0.251 e. The fourth-order valence-corrected chi connectivity index (χ4v) is 2.06.